The first-order valence-corrected chi connectivity index (χ1v) is 10.5. The highest BCUT2D eigenvalue weighted by atomic mass is 32.2. The summed E-state index contributed by atoms with van der Waals surface area (Å²) in [5.74, 6) is 0.627. The SMILES string of the molecule is COc1cccc([C@@H]2CC(=O)N3C(=C2C#N)SC[C@]3(O)c2ccc(C)cc2)c1OC. The fourth-order valence-corrected chi connectivity index (χ4v) is 5.47. The van der Waals surface area contributed by atoms with Crippen molar-refractivity contribution in [1.82, 2.24) is 4.90 Å². The number of benzene rings is 2. The van der Waals surface area contributed by atoms with Crippen molar-refractivity contribution >= 4 is 17.7 Å². The van der Waals surface area contributed by atoms with Crippen molar-refractivity contribution in [2.45, 2.75) is 25.0 Å². The molecule has 1 fully saturated rings. The lowest BCUT2D eigenvalue weighted by Gasteiger charge is -2.38. The standard InChI is InChI=1S/C23H22N2O4S/c1-14-7-9-15(10-8-14)23(27)13-30-22-18(12-24)17(11-20(26)25(22)23)16-5-4-6-19(28-2)21(16)29-3/h4-10,17,27H,11,13H2,1-3H3/t17-,23-/m0/s1. The highest BCUT2D eigenvalue weighted by Gasteiger charge is 2.52. The average molecular weight is 423 g/mol. The van der Waals surface area contributed by atoms with Crippen LogP contribution in [0.2, 0.25) is 0 Å². The largest absolute Gasteiger partial charge is 0.493 e. The number of para-hydroxylation sites is 1. The molecule has 154 valence electrons. The minimum Gasteiger partial charge on any atom is -0.493 e. The van der Waals surface area contributed by atoms with Crippen LogP contribution >= 0.6 is 11.8 Å². The Morgan fingerprint density at radius 2 is 1.93 bits per heavy atom. The topological polar surface area (TPSA) is 82.8 Å². The summed E-state index contributed by atoms with van der Waals surface area (Å²) in [6, 6.07) is 15.2. The van der Waals surface area contributed by atoms with Crippen molar-refractivity contribution in [2.24, 2.45) is 0 Å². The monoisotopic (exact) mass is 422 g/mol. The van der Waals surface area contributed by atoms with E-state index in [0.29, 0.717) is 27.7 Å². The quantitative estimate of drug-likeness (QED) is 0.810. The Hall–Kier alpha value is -2.95. The maximum absolute atomic E-state index is 13.3. The fraction of sp³-hybridized carbons (Fsp3) is 0.304. The van der Waals surface area contributed by atoms with Crippen LogP contribution < -0.4 is 9.47 Å². The van der Waals surface area contributed by atoms with Gasteiger partial charge >= 0.3 is 0 Å². The molecule has 0 aliphatic carbocycles. The van der Waals surface area contributed by atoms with Gasteiger partial charge in [0.2, 0.25) is 5.91 Å². The average Bonchev–Trinajstić information content (AvgIpc) is 3.12. The molecule has 0 unspecified atom stereocenters. The molecule has 1 saturated heterocycles. The van der Waals surface area contributed by atoms with E-state index in [-0.39, 0.29) is 18.1 Å². The number of aryl methyl sites for hydroxylation is 1. The zero-order valence-electron chi connectivity index (χ0n) is 17.0. The minimum absolute atomic E-state index is 0.0602. The van der Waals surface area contributed by atoms with Gasteiger partial charge in [0.25, 0.3) is 0 Å². The van der Waals surface area contributed by atoms with Gasteiger partial charge in [0.15, 0.2) is 17.2 Å². The van der Waals surface area contributed by atoms with Crippen molar-refractivity contribution in [2.75, 3.05) is 20.0 Å². The molecule has 0 saturated carbocycles. The van der Waals surface area contributed by atoms with Crippen molar-refractivity contribution < 1.29 is 19.4 Å². The van der Waals surface area contributed by atoms with E-state index in [4.69, 9.17) is 9.47 Å². The smallest absolute Gasteiger partial charge is 0.231 e. The molecule has 2 aliphatic rings. The third-order valence-electron chi connectivity index (χ3n) is 5.63. The summed E-state index contributed by atoms with van der Waals surface area (Å²) < 4.78 is 10.9. The molecule has 4 rings (SSSR count). The number of rotatable bonds is 4. The third-order valence-corrected chi connectivity index (χ3v) is 6.86. The van der Waals surface area contributed by atoms with Gasteiger partial charge in [0.05, 0.1) is 36.6 Å². The number of hydrogen-bond acceptors (Lipinski definition) is 6. The number of fused-ring (bicyclic) bond motifs is 1. The van der Waals surface area contributed by atoms with E-state index in [1.807, 2.05) is 43.3 Å². The molecule has 30 heavy (non-hydrogen) atoms. The lowest BCUT2D eigenvalue weighted by Crippen LogP contribution is -2.48. The number of allylic oxidation sites excluding steroid dienone is 1. The Morgan fingerprint density at radius 3 is 2.57 bits per heavy atom. The second-order valence-electron chi connectivity index (χ2n) is 7.37. The molecule has 2 aromatic carbocycles. The number of ether oxygens (including phenoxy) is 2. The summed E-state index contributed by atoms with van der Waals surface area (Å²) in [5.41, 5.74) is 1.40. The molecule has 7 heteroatoms. The summed E-state index contributed by atoms with van der Waals surface area (Å²) in [7, 11) is 3.09. The molecule has 6 nitrogen and oxygen atoms in total. The van der Waals surface area contributed by atoms with Gasteiger partial charge in [-0.2, -0.15) is 5.26 Å². The normalized spacial score (nSPS) is 23.2. The van der Waals surface area contributed by atoms with Crippen molar-refractivity contribution in [3.63, 3.8) is 0 Å². The molecule has 2 aliphatic heterocycles. The summed E-state index contributed by atoms with van der Waals surface area (Å²) in [6.07, 6.45) is 0.0602. The lowest BCUT2D eigenvalue weighted by atomic mass is 9.84. The number of thioether (sulfide) groups is 1. The third kappa shape index (κ3) is 3.04. The molecule has 0 bridgehead atoms. The van der Waals surface area contributed by atoms with E-state index in [2.05, 4.69) is 6.07 Å². The van der Waals surface area contributed by atoms with Gasteiger partial charge in [0, 0.05) is 23.5 Å². The van der Waals surface area contributed by atoms with Crippen molar-refractivity contribution in [1.29, 1.82) is 5.26 Å². The molecular weight excluding hydrogens is 400 g/mol. The van der Waals surface area contributed by atoms with E-state index in [1.54, 1.807) is 13.2 Å². The molecule has 0 aromatic heterocycles. The summed E-state index contributed by atoms with van der Waals surface area (Å²) >= 11 is 1.33. The van der Waals surface area contributed by atoms with Crippen LogP contribution in [-0.4, -0.2) is 35.9 Å². The number of hydrogen-bond donors (Lipinski definition) is 1. The van der Waals surface area contributed by atoms with E-state index in [1.165, 1.54) is 23.8 Å². The number of amides is 1. The number of carbonyl (C=O) groups excluding carboxylic acids is 1. The van der Waals surface area contributed by atoms with E-state index in [0.717, 1.165) is 11.1 Å². The van der Waals surface area contributed by atoms with Gasteiger partial charge < -0.3 is 14.6 Å². The first-order chi connectivity index (χ1) is 14.4. The van der Waals surface area contributed by atoms with Crippen LogP contribution in [0, 0.1) is 18.3 Å². The van der Waals surface area contributed by atoms with Crippen molar-refractivity contribution in [3.05, 3.63) is 69.8 Å². The molecule has 2 aromatic rings. The lowest BCUT2D eigenvalue weighted by molar-refractivity contribution is -0.149. The van der Waals surface area contributed by atoms with Gasteiger partial charge in [-0.25, -0.2) is 0 Å². The zero-order valence-corrected chi connectivity index (χ0v) is 17.8. The molecule has 2 atom stereocenters. The Kier molecular flexibility index (Phi) is 5.22. The fourth-order valence-electron chi connectivity index (χ4n) is 4.11. The van der Waals surface area contributed by atoms with Crippen LogP contribution in [0.15, 0.2) is 53.1 Å². The van der Waals surface area contributed by atoms with Crippen LogP contribution in [0.25, 0.3) is 0 Å². The van der Waals surface area contributed by atoms with Gasteiger partial charge in [-0.15, -0.1) is 11.8 Å². The predicted molar refractivity (Wildman–Crippen MR) is 114 cm³/mol. The summed E-state index contributed by atoms with van der Waals surface area (Å²) in [5, 5.41) is 22.0. The van der Waals surface area contributed by atoms with Gasteiger partial charge in [-0.05, 0) is 13.0 Å². The summed E-state index contributed by atoms with van der Waals surface area (Å²) in [6.45, 7) is 1.97. The zero-order chi connectivity index (χ0) is 21.5. The second kappa shape index (κ2) is 7.71. The van der Waals surface area contributed by atoms with Crippen LogP contribution in [0.5, 0.6) is 11.5 Å². The minimum atomic E-state index is -1.48. The predicted octanol–water partition coefficient (Wildman–Crippen LogP) is 3.66. The van der Waals surface area contributed by atoms with Crippen LogP contribution in [0.3, 0.4) is 0 Å². The Bertz CT molecular complexity index is 1070. The van der Waals surface area contributed by atoms with Gasteiger partial charge in [-0.3, -0.25) is 9.69 Å². The van der Waals surface area contributed by atoms with E-state index >= 15 is 0 Å². The molecule has 0 spiro atoms. The van der Waals surface area contributed by atoms with Crippen LogP contribution in [-0.2, 0) is 10.5 Å². The van der Waals surface area contributed by atoms with Crippen LogP contribution in [0.1, 0.15) is 29.0 Å². The number of nitrogens with zero attached hydrogens (tertiary/aromatic N) is 2. The highest BCUT2D eigenvalue weighted by Crippen LogP contribution is 2.53. The van der Waals surface area contributed by atoms with Crippen LogP contribution in [0.4, 0.5) is 0 Å². The van der Waals surface area contributed by atoms with Crippen molar-refractivity contribution in [3.8, 4) is 17.6 Å². The van der Waals surface area contributed by atoms with E-state index in [9.17, 15) is 15.2 Å². The summed E-state index contributed by atoms with van der Waals surface area (Å²) in [4.78, 5) is 14.7. The molecule has 1 amide bonds. The number of methoxy groups -OCH3 is 2. The second-order valence-corrected chi connectivity index (χ2v) is 8.33. The Balaban J connectivity index is 1.83. The Morgan fingerprint density at radius 1 is 1.20 bits per heavy atom. The molecule has 0 radical (unpaired) electrons. The number of aliphatic hydroxyl groups is 1. The van der Waals surface area contributed by atoms with Gasteiger partial charge in [0.1, 0.15) is 0 Å². The maximum atomic E-state index is 13.3. The highest BCUT2D eigenvalue weighted by molar-refractivity contribution is 8.03. The maximum Gasteiger partial charge on any atom is 0.231 e. The first-order valence-electron chi connectivity index (χ1n) is 9.55. The number of nitriles is 1. The van der Waals surface area contributed by atoms with Gasteiger partial charge in [-0.1, -0.05) is 42.0 Å². The molecular formula is C23H22N2O4S. The first kappa shape index (κ1) is 20.3. The molecule has 1 N–H and O–H groups in total. The number of carbonyl (C=O) groups is 1. The van der Waals surface area contributed by atoms with E-state index < -0.39 is 11.6 Å². The Labute approximate surface area is 179 Å². The molecule has 2 heterocycles.